The Morgan fingerprint density at radius 3 is 1.60 bits per heavy atom. The maximum absolute atomic E-state index is 12.6. The normalized spacial score (nSPS) is 12.6. The summed E-state index contributed by atoms with van der Waals surface area (Å²) < 4.78 is 5.92. The minimum atomic E-state index is -1.38. The first-order valence-corrected chi connectivity index (χ1v) is 19.1. The lowest BCUT2D eigenvalue weighted by molar-refractivity contribution is -0.150. The lowest BCUT2D eigenvalue weighted by Crippen LogP contribution is -2.47. The zero-order valence-electron chi connectivity index (χ0n) is 30.0. The van der Waals surface area contributed by atoms with Gasteiger partial charge in [0.15, 0.2) is 0 Å². The number of carbonyl (C=O) groups excluding carboxylic acids is 3. The van der Waals surface area contributed by atoms with Crippen molar-refractivity contribution in [3.8, 4) is 0 Å². The molecule has 0 bridgehead atoms. The van der Waals surface area contributed by atoms with E-state index < -0.39 is 24.5 Å². The van der Waals surface area contributed by atoms with E-state index >= 15 is 0 Å². The van der Waals surface area contributed by atoms with Crippen LogP contribution in [-0.2, 0) is 23.9 Å². The van der Waals surface area contributed by atoms with Gasteiger partial charge in [0, 0.05) is 12.8 Å². The maximum atomic E-state index is 12.6. The molecule has 0 aliphatic carbocycles. The van der Waals surface area contributed by atoms with E-state index in [9.17, 15) is 19.2 Å². The van der Waals surface area contributed by atoms with Gasteiger partial charge >= 0.3 is 11.9 Å². The Labute approximate surface area is 286 Å². The van der Waals surface area contributed by atoms with Crippen LogP contribution >= 0.6 is 0 Å². The molecule has 0 spiro atoms. The molecule has 0 rings (SSSR count). The summed E-state index contributed by atoms with van der Waals surface area (Å²) in [4.78, 5) is 47.2. The number of carbonyl (C=O) groups is 4. The second kappa shape index (κ2) is 33.5. The van der Waals surface area contributed by atoms with Crippen LogP contribution in [0.25, 0.3) is 0 Å². The number of esters is 1. The van der Waals surface area contributed by atoms with Crippen molar-refractivity contribution < 1.29 is 34.1 Å². The van der Waals surface area contributed by atoms with E-state index in [1.54, 1.807) is 0 Å². The number of carboxylic acids is 1. The molecule has 0 saturated heterocycles. The van der Waals surface area contributed by atoms with E-state index in [-0.39, 0.29) is 30.9 Å². The molecular formula is C38H70N2O7. The fourth-order valence-corrected chi connectivity index (χ4v) is 5.53. The van der Waals surface area contributed by atoms with Gasteiger partial charge in [0.2, 0.25) is 11.8 Å². The van der Waals surface area contributed by atoms with E-state index in [4.69, 9.17) is 14.9 Å². The summed E-state index contributed by atoms with van der Waals surface area (Å²) in [5.41, 5.74) is 0. The summed E-state index contributed by atoms with van der Waals surface area (Å²) >= 11 is 0. The number of rotatable bonds is 34. The van der Waals surface area contributed by atoms with Crippen molar-refractivity contribution in [2.45, 2.75) is 193 Å². The summed E-state index contributed by atoms with van der Waals surface area (Å²) in [6.07, 6.45) is 32.5. The molecule has 4 N–H and O–H groups in total. The SMILES string of the molecule is CCCCCCCC/C=C\CCCCCCCC(=O)OC(CCCCCCC)CCCCCCC(=O)NCC(=O)NC(CO)C(=O)O. The Kier molecular flexibility index (Phi) is 31.8. The third-order valence-electron chi connectivity index (χ3n) is 8.51. The summed E-state index contributed by atoms with van der Waals surface area (Å²) in [5, 5.41) is 22.5. The third kappa shape index (κ3) is 30.7. The van der Waals surface area contributed by atoms with Crippen LogP contribution < -0.4 is 10.6 Å². The first-order chi connectivity index (χ1) is 22.8. The van der Waals surface area contributed by atoms with Crippen molar-refractivity contribution in [3.05, 3.63) is 12.2 Å². The number of carboxylic acid groups (broad SMARTS) is 1. The minimum absolute atomic E-state index is 0.0392. The summed E-state index contributed by atoms with van der Waals surface area (Å²) in [6, 6.07) is -1.38. The molecule has 2 amide bonds. The number of ether oxygens (including phenoxy) is 1. The molecule has 0 heterocycles. The predicted octanol–water partition coefficient (Wildman–Crippen LogP) is 8.31. The fraction of sp³-hybridized carbons (Fsp3) is 0.842. The molecule has 0 fully saturated rings. The van der Waals surface area contributed by atoms with Crippen molar-refractivity contribution in [2.75, 3.05) is 13.2 Å². The highest BCUT2D eigenvalue weighted by Crippen LogP contribution is 2.18. The summed E-state index contributed by atoms with van der Waals surface area (Å²) in [7, 11) is 0. The second-order valence-corrected chi connectivity index (χ2v) is 13.0. The van der Waals surface area contributed by atoms with Crippen LogP contribution in [-0.4, -0.2) is 59.3 Å². The van der Waals surface area contributed by atoms with E-state index in [2.05, 4.69) is 36.6 Å². The van der Waals surface area contributed by atoms with Crippen molar-refractivity contribution in [1.82, 2.24) is 10.6 Å². The van der Waals surface area contributed by atoms with E-state index in [0.717, 1.165) is 57.8 Å². The molecule has 0 aliphatic rings. The zero-order chi connectivity index (χ0) is 34.8. The largest absolute Gasteiger partial charge is 0.480 e. The molecule has 9 nitrogen and oxygen atoms in total. The highest BCUT2D eigenvalue weighted by Gasteiger charge is 2.19. The Bertz CT molecular complexity index is 818. The smallest absolute Gasteiger partial charge is 0.328 e. The Balaban J connectivity index is 4.10. The number of amides is 2. The maximum Gasteiger partial charge on any atom is 0.328 e. The number of nitrogens with one attached hydrogen (secondary N) is 2. The van der Waals surface area contributed by atoms with Crippen LogP contribution in [0.2, 0.25) is 0 Å². The minimum Gasteiger partial charge on any atom is -0.480 e. The average Bonchev–Trinajstić information content (AvgIpc) is 3.05. The first kappa shape index (κ1) is 44.6. The molecule has 0 radical (unpaired) electrons. The van der Waals surface area contributed by atoms with Gasteiger partial charge in [-0.25, -0.2) is 4.79 Å². The molecule has 0 aromatic carbocycles. The van der Waals surface area contributed by atoms with Crippen molar-refractivity contribution in [1.29, 1.82) is 0 Å². The van der Waals surface area contributed by atoms with Crippen molar-refractivity contribution >= 4 is 23.8 Å². The number of aliphatic carboxylic acids is 1. The van der Waals surface area contributed by atoms with Crippen LogP contribution in [0.4, 0.5) is 0 Å². The van der Waals surface area contributed by atoms with Gasteiger partial charge in [0.05, 0.1) is 13.2 Å². The van der Waals surface area contributed by atoms with Crippen LogP contribution in [0.15, 0.2) is 12.2 Å². The Hall–Kier alpha value is -2.42. The Morgan fingerprint density at radius 1 is 0.617 bits per heavy atom. The van der Waals surface area contributed by atoms with Gasteiger partial charge in [-0.2, -0.15) is 0 Å². The molecule has 0 aromatic rings. The molecule has 274 valence electrons. The van der Waals surface area contributed by atoms with E-state index in [1.807, 2.05) is 0 Å². The van der Waals surface area contributed by atoms with Crippen LogP contribution in [0.1, 0.15) is 181 Å². The number of hydrogen-bond donors (Lipinski definition) is 4. The molecule has 2 atom stereocenters. The molecule has 0 saturated carbocycles. The van der Waals surface area contributed by atoms with Gasteiger partial charge in [0.25, 0.3) is 0 Å². The molecule has 9 heteroatoms. The first-order valence-electron chi connectivity index (χ1n) is 19.1. The van der Waals surface area contributed by atoms with Gasteiger partial charge in [-0.1, -0.05) is 116 Å². The van der Waals surface area contributed by atoms with Gasteiger partial charge in [-0.05, 0) is 64.2 Å². The van der Waals surface area contributed by atoms with Crippen LogP contribution in [0.3, 0.4) is 0 Å². The van der Waals surface area contributed by atoms with Crippen molar-refractivity contribution in [2.24, 2.45) is 0 Å². The molecule has 2 unspecified atom stereocenters. The standard InChI is InChI=1S/C38H70N2O7/c1-3-5-7-9-10-11-12-13-14-15-16-17-18-20-26-30-37(44)47-33(27-23-19-8-6-4-2)28-24-21-22-25-29-35(42)39-31-36(43)40-34(32-41)38(45)46/h13-14,33-34,41H,3-12,15-32H2,1-2H3,(H,39,42)(H,40,43)(H,45,46)/b14-13-. The highest BCUT2D eigenvalue weighted by molar-refractivity contribution is 5.87. The van der Waals surface area contributed by atoms with E-state index in [0.29, 0.717) is 12.8 Å². The number of unbranched alkanes of at least 4 members (excludes halogenated alkanes) is 18. The highest BCUT2D eigenvalue weighted by atomic mass is 16.5. The summed E-state index contributed by atoms with van der Waals surface area (Å²) in [6.45, 7) is 3.42. The number of aliphatic hydroxyl groups excluding tert-OH is 1. The van der Waals surface area contributed by atoms with Crippen molar-refractivity contribution in [3.63, 3.8) is 0 Å². The monoisotopic (exact) mass is 667 g/mol. The topological polar surface area (TPSA) is 142 Å². The zero-order valence-corrected chi connectivity index (χ0v) is 30.0. The number of allylic oxidation sites excluding steroid dienone is 2. The van der Waals surface area contributed by atoms with E-state index in [1.165, 1.54) is 89.9 Å². The Morgan fingerprint density at radius 2 is 1.09 bits per heavy atom. The summed E-state index contributed by atoms with van der Waals surface area (Å²) in [5.74, 6) is -2.34. The predicted molar refractivity (Wildman–Crippen MR) is 190 cm³/mol. The van der Waals surface area contributed by atoms with Gasteiger partial charge in [0.1, 0.15) is 12.1 Å². The number of hydrogen-bond acceptors (Lipinski definition) is 6. The average molecular weight is 667 g/mol. The third-order valence-corrected chi connectivity index (χ3v) is 8.51. The van der Waals surface area contributed by atoms with Crippen LogP contribution in [0.5, 0.6) is 0 Å². The van der Waals surface area contributed by atoms with Crippen LogP contribution in [0, 0.1) is 0 Å². The lowest BCUT2D eigenvalue weighted by Gasteiger charge is -2.18. The second-order valence-electron chi connectivity index (χ2n) is 13.0. The van der Waals surface area contributed by atoms with Gasteiger partial charge < -0.3 is 25.6 Å². The number of aliphatic hydroxyl groups is 1. The quantitative estimate of drug-likeness (QED) is 0.0307. The fourth-order valence-electron chi connectivity index (χ4n) is 5.53. The molecular weight excluding hydrogens is 596 g/mol. The lowest BCUT2D eigenvalue weighted by atomic mass is 10.0. The molecule has 0 aromatic heterocycles. The molecule has 0 aliphatic heterocycles. The van der Waals surface area contributed by atoms with Gasteiger partial charge in [-0.15, -0.1) is 0 Å². The van der Waals surface area contributed by atoms with Gasteiger partial charge in [-0.3, -0.25) is 14.4 Å². The molecule has 47 heavy (non-hydrogen) atoms.